The summed E-state index contributed by atoms with van der Waals surface area (Å²) in [7, 11) is 0. The van der Waals surface area contributed by atoms with E-state index in [1.807, 2.05) is 13.8 Å². The SMILES string of the molecule is Cc1nc(NC(=O)c2cnn3ccc(NCCC[C@H](C)C(F)(F)F)nc23)sc1C. The van der Waals surface area contributed by atoms with Crippen LogP contribution >= 0.6 is 11.3 Å². The molecular formula is C18H21F3N6OS. The first-order valence-electron chi connectivity index (χ1n) is 9.05. The number of hydrogen-bond donors (Lipinski definition) is 2. The standard InChI is InChI=1S/C18H21F3N6OS/c1-10(18(19,20)21)5-4-7-22-14-6-8-27-15(25-14)13(9-23-27)16(28)26-17-24-11(2)12(3)29-17/h6,8-10H,4-5,7H2,1-3H3,(H,22,25)(H,24,26,28)/t10-/m0/s1. The third-order valence-corrected chi connectivity index (χ3v) is 5.53. The smallest absolute Gasteiger partial charge is 0.370 e. The first-order valence-corrected chi connectivity index (χ1v) is 9.87. The number of anilines is 2. The minimum absolute atomic E-state index is 0.0335. The summed E-state index contributed by atoms with van der Waals surface area (Å²) in [6.45, 7) is 5.31. The quantitative estimate of drug-likeness (QED) is 0.546. The van der Waals surface area contributed by atoms with E-state index in [-0.39, 0.29) is 17.9 Å². The fourth-order valence-electron chi connectivity index (χ4n) is 2.61. The van der Waals surface area contributed by atoms with Crippen molar-refractivity contribution in [3.8, 4) is 0 Å². The van der Waals surface area contributed by atoms with Crippen molar-refractivity contribution < 1.29 is 18.0 Å². The number of aryl methyl sites for hydroxylation is 2. The molecule has 0 radical (unpaired) electrons. The molecule has 0 aliphatic heterocycles. The number of carbonyl (C=O) groups excluding carboxylic acids is 1. The van der Waals surface area contributed by atoms with E-state index in [2.05, 4.69) is 25.7 Å². The molecule has 3 rings (SSSR count). The van der Waals surface area contributed by atoms with Gasteiger partial charge in [0.25, 0.3) is 5.91 Å². The molecule has 0 aliphatic rings. The maximum atomic E-state index is 12.6. The second-order valence-corrected chi connectivity index (χ2v) is 7.97. The van der Waals surface area contributed by atoms with Gasteiger partial charge in [0.05, 0.1) is 17.8 Å². The van der Waals surface area contributed by atoms with Gasteiger partial charge in [-0.2, -0.15) is 18.3 Å². The van der Waals surface area contributed by atoms with Crippen LogP contribution in [0.2, 0.25) is 0 Å². The average molecular weight is 426 g/mol. The first-order chi connectivity index (χ1) is 13.6. The van der Waals surface area contributed by atoms with Gasteiger partial charge in [0.2, 0.25) is 0 Å². The predicted molar refractivity (Wildman–Crippen MR) is 105 cm³/mol. The zero-order valence-corrected chi connectivity index (χ0v) is 17.0. The Morgan fingerprint density at radius 3 is 2.72 bits per heavy atom. The van der Waals surface area contributed by atoms with Gasteiger partial charge in [-0.15, -0.1) is 11.3 Å². The molecule has 3 aromatic heterocycles. The molecule has 0 aliphatic carbocycles. The molecule has 0 bridgehead atoms. The number of carbonyl (C=O) groups is 1. The molecule has 0 spiro atoms. The highest BCUT2D eigenvalue weighted by molar-refractivity contribution is 7.15. The van der Waals surface area contributed by atoms with Crippen LogP contribution < -0.4 is 10.6 Å². The highest BCUT2D eigenvalue weighted by Gasteiger charge is 2.35. The van der Waals surface area contributed by atoms with E-state index in [9.17, 15) is 18.0 Å². The summed E-state index contributed by atoms with van der Waals surface area (Å²) in [4.78, 5) is 22.3. The molecule has 3 aromatic rings. The summed E-state index contributed by atoms with van der Waals surface area (Å²) in [6, 6.07) is 1.66. The molecule has 29 heavy (non-hydrogen) atoms. The molecule has 0 aromatic carbocycles. The van der Waals surface area contributed by atoms with Gasteiger partial charge in [-0.05, 0) is 32.8 Å². The summed E-state index contributed by atoms with van der Waals surface area (Å²) in [5.74, 6) is -1.26. The minimum Gasteiger partial charge on any atom is -0.370 e. The lowest BCUT2D eigenvalue weighted by Gasteiger charge is -2.15. The van der Waals surface area contributed by atoms with Crippen molar-refractivity contribution in [2.75, 3.05) is 17.2 Å². The predicted octanol–water partition coefficient (Wildman–Crippen LogP) is 4.45. The zero-order valence-electron chi connectivity index (χ0n) is 16.2. The van der Waals surface area contributed by atoms with E-state index in [1.165, 1.54) is 29.0 Å². The van der Waals surface area contributed by atoms with Gasteiger partial charge >= 0.3 is 6.18 Å². The number of halogens is 3. The van der Waals surface area contributed by atoms with Gasteiger partial charge in [0.1, 0.15) is 11.4 Å². The third-order valence-electron chi connectivity index (χ3n) is 4.54. The number of nitrogens with zero attached hydrogens (tertiary/aromatic N) is 4. The van der Waals surface area contributed by atoms with Gasteiger partial charge in [0, 0.05) is 17.6 Å². The molecule has 0 unspecified atom stereocenters. The van der Waals surface area contributed by atoms with E-state index in [0.717, 1.165) is 10.6 Å². The Morgan fingerprint density at radius 1 is 1.31 bits per heavy atom. The van der Waals surface area contributed by atoms with E-state index in [4.69, 9.17) is 0 Å². The minimum atomic E-state index is -4.18. The molecule has 11 heteroatoms. The van der Waals surface area contributed by atoms with Crippen molar-refractivity contribution >= 4 is 33.8 Å². The summed E-state index contributed by atoms with van der Waals surface area (Å²) < 4.78 is 39.1. The fraction of sp³-hybridized carbons (Fsp3) is 0.444. The molecule has 7 nitrogen and oxygen atoms in total. The van der Waals surface area contributed by atoms with Crippen molar-refractivity contribution in [1.29, 1.82) is 0 Å². The monoisotopic (exact) mass is 426 g/mol. The summed E-state index contributed by atoms with van der Waals surface area (Å²) >= 11 is 1.38. The van der Waals surface area contributed by atoms with E-state index >= 15 is 0 Å². The first kappa shape index (κ1) is 21.0. The summed E-state index contributed by atoms with van der Waals surface area (Å²) in [6.07, 6.45) is -0.739. The topological polar surface area (TPSA) is 84.2 Å². The van der Waals surface area contributed by atoms with Crippen LogP contribution in [0.4, 0.5) is 24.1 Å². The van der Waals surface area contributed by atoms with E-state index < -0.39 is 12.1 Å². The Kier molecular flexibility index (Phi) is 6.06. The summed E-state index contributed by atoms with van der Waals surface area (Å²) in [5.41, 5.74) is 1.49. The molecular weight excluding hydrogens is 405 g/mol. The van der Waals surface area contributed by atoms with Crippen molar-refractivity contribution in [3.63, 3.8) is 0 Å². The lowest BCUT2D eigenvalue weighted by molar-refractivity contribution is -0.171. The number of nitrogens with one attached hydrogen (secondary N) is 2. The molecule has 0 saturated heterocycles. The van der Waals surface area contributed by atoms with Gasteiger partial charge in [0.15, 0.2) is 10.8 Å². The molecule has 156 valence electrons. The second-order valence-electron chi connectivity index (χ2n) is 6.77. The fourth-order valence-corrected chi connectivity index (χ4v) is 3.42. The lowest BCUT2D eigenvalue weighted by Crippen LogP contribution is -2.20. The average Bonchev–Trinajstić information content (AvgIpc) is 3.20. The number of rotatable bonds is 7. The highest BCUT2D eigenvalue weighted by atomic mass is 32.1. The Balaban J connectivity index is 1.65. The lowest BCUT2D eigenvalue weighted by atomic mass is 10.1. The van der Waals surface area contributed by atoms with Crippen molar-refractivity contribution in [3.05, 3.63) is 34.6 Å². The molecule has 1 atom stereocenters. The van der Waals surface area contributed by atoms with Crippen LogP contribution in [0.1, 0.15) is 40.7 Å². The largest absolute Gasteiger partial charge is 0.391 e. The van der Waals surface area contributed by atoms with Crippen LogP contribution in [0.3, 0.4) is 0 Å². The van der Waals surface area contributed by atoms with Crippen LogP contribution in [0.5, 0.6) is 0 Å². The molecule has 0 fully saturated rings. The van der Waals surface area contributed by atoms with Gasteiger partial charge in [-0.3, -0.25) is 10.1 Å². The third kappa shape index (κ3) is 5.03. The van der Waals surface area contributed by atoms with Gasteiger partial charge in [-0.25, -0.2) is 14.5 Å². The Bertz CT molecular complexity index is 993. The van der Waals surface area contributed by atoms with Crippen LogP contribution in [0.15, 0.2) is 18.5 Å². The molecule has 2 N–H and O–H groups in total. The van der Waals surface area contributed by atoms with Gasteiger partial charge in [-0.1, -0.05) is 6.92 Å². The van der Waals surface area contributed by atoms with Crippen LogP contribution in [-0.4, -0.2) is 38.2 Å². The second kappa shape index (κ2) is 8.36. The number of fused-ring (bicyclic) bond motifs is 1. The number of thiazole rings is 1. The van der Waals surface area contributed by atoms with Crippen LogP contribution in [0, 0.1) is 19.8 Å². The Labute approximate surface area is 169 Å². The Hall–Kier alpha value is -2.69. The van der Waals surface area contributed by atoms with E-state index in [0.29, 0.717) is 29.6 Å². The number of amides is 1. The normalized spacial score (nSPS) is 12.9. The van der Waals surface area contributed by atoms with Crippen molar-refractivity contribution in [2.45, 2.75) is 39.8 Å². The van der Waals surface area contributed by atoms with Gasteiger partial charge < -0.3 is 5.32 Å². The van der Waals surface area contributed by atoms with Crippen molar-refractivity contribution in [1.82, 2.24) is 19.6 Å². The van der Waals surface area contributed by atoms with Crippen LogP contribution in [-0.2, 0) is 0 Å². The molecule has 1 amide bonds. The maximum Gasteiger partial charge on any atom is 0.391 e. The zero-order chi connectivity index (χ0) is 21.2. The number of hydrogen-bond acceptors (Lipinski definition) is 6. The van der Waals surface area contributed by atoms with Crippen LogP contribution in [0.25, 0.3) is 5.65 Å². The summed E-state index contributed by atoms with van der Waals surface area (Å²) in [5, 5.41) is 10.4. The highest BCUT2D eigenvalue weighted by Crippen LogP contribution is 2.29. The number of alkyl halides is 3. The number of aromatic nitrogens is 4. The molecule has 3 heterocycles. The van der Waals surface area contributed by atoms with E-state index in [1.54, 1.807) is 12.3 Å². The Morgan fingerprint density at radius 2 is 2.07 bits per heavy atom. The van der Waals surface area contributed by atoms with Crippen molar-refractivity contribution in [2.24, 2.45) is 5.92 Å². The molecule has 0 saturated carbocycles. The maximum absolute atomic E-state index is 12.6.